The van der Waals surface area contributed by atoms with Crippen LogP contribution in [0.15, 0.2) is 22.5 Å². The second kappa shape index (κ2) is 6.18. The number of unbranched alkanes of at least 4 members (excludes halogenated alkanes) is 2. The SMILES string of the molecule is CCCCCc1nnccc1N=NC. The summed E-state index contributed by atoms with van der Waals surface area (Å²) in [6.07, 6.45) is 6.16. The van der Waals surface area contributed by atoms with Crippen molar-refractivity contribution in [2.45, 2.75) is 32.6 Å². The van der Waals surface area contributed by atoms with E-state index in [9.17, 15) is 0 Å². The summed E-state index contributed by atoms with van der Waals surface area (Å²) in [6.45, 7) is 2.18. The highest BCUT2D eigenvalue weighted by atomic mass is 15.1. The minimum Gasteiger partial charge on any atom is -0.192 e. The molecule has 0 radical (unpaired) electrons. The van der Waals surface area contributed by atoms with E-state index >= 15 is 0 Å². The van der Waals surface area contributed by atoms with Crippen molar-refractivity contribution in [3.63, 3.8) is 0 Å². The van der Waals surface area contributed by atoms with Crippen LogP contribution in [0.1, 0.15) is 31.9 Å². The van der Waals surface area contributed by atoms with Gasteiger partial charge in [-0.3, -0.25) is 0 Å². The summed E-state index contributed by atoms with van der Waals surface area (Å²) in [5.41, 5.74) is 1.80. The number of aromatic nitrogens is 2. The number of azo groups is 1. The summed E-state index contributed by atoms with van der Waals surface area (Å²) in [4.78, 5) is 0. The lowest BCUT2D eigenvalue weighted by atomic mass is 10.1. The summed E-state index contributed by atoms with van der Waals surface area (Å²) in [5, 5.41) is 15.7. The van der Waals surface area contributed by atoms with Gasteiger partial charge in [0.05, 0.1) is 11.9 Å². The molecule has 0 spiro atoms. The molecule has 1 aromatic heterocycles. The molecule has 0 aliphatic carbocycles. The second-order valence-electron chi connectivity index (χ2n) is 3.12. The second-order valence-corrected chi connectivity index (χ2v) is 3.12. The van der Waals surface area contributed by atoms with E-state index in [4.69, 9.17) is 0 Å². The van der Waals surface area contributed by atoms with Crippen LogP contribution in [0.3, 0.4) is 0 Å². The minimum absolute atomic E-state index is 0.846. The largest absolute Gasteiger partial charge is 0.192 e. The van der Waals surface area contributed by atoms with Crippen LogP contribution in [0.25, 0.3) is 0 Å². The zero-order chi connectivity index (χ0) is 10.2. The summed E-state index contributed by atoms with van der Waals surface area (Å²) in [6, 6.07) is 1.85. The Bertz CT molecular complexity index is 296. The monoisotopic (exact) mass is 192 g/mol. The molecule has 76 valence electrons. The number of nitrogens with zero attached hydrogens (tertiary/aromatic N) is 4. The standard InChI is InChI=1S/C10H16N4/c1-3-4-5-6-9-10(13-11-2)7-8-12-14-9/h7-8H,3-6H2,1-2H3. The average Bonchev–Trinajstić information content (AvgIpc) is 2.21. The predicted octanol–water partition coefficient (Wildman–Crippen LogP) is 2.92. The molecule has 0 bridgehead atoms. The molecule has 1 aromatic rings. The van der Waals surface area contributed by atoms with Crippen LogP contribution in [0.5, 0.6) is 0 Å². The third-order valence-corrected chi connectivity index (χ3v) is 2.00. The molecule has 0 unspecified atom stereocenters. The molecule has 0 N–H and O–H groups in total. The molecule has 0 aromatic carbocycles. The first kappa shape index (κ1) is 10.8. The lowest BCUT2D eigenvalue weighted by Crippen LogP contribution is -1.92. The number of rotatable bonds is 5. The molecule has 0 amide bonds. The molecule has 4 heteroatoms. The Morgan fingerprint density at radius 1 is 1.36 bits per heavy atom. The highest BCUT2D eigenvalue weighted by Crippen LogP contribution is 2.17. The number of aryl methyl sites for hydroxylation is 1. The van der Waals surface area contributed by atoms with Crippen LogP contribution in [-0.4, -0.2) is 17.2 Å². The number of hydrogen-bond acceptors (Lipinski definition) is 4. The Hall–Kier alpha value is -1.32. The highest BCUT2D eigenvalue weighted by molar-refractivity contribution is 5.39. The first-order valence-corrected chi connectivity index (χ1v) is 4.99. The Balaban J connectivity index is 2.64. The van der Waals surface area contributed by atoms with Crippen molar-refractivity contribution < 1.29 is 0 Å². The lowest BCUT2D eigenvalue weighted by molar-refractivity contribution is 0.699. The molecule has 1 rings (SSSR count). The van der Waals surface area contributed by atoms with Gasteiger partial charge in [0, 0.05) is 7.05 Å². The van der Waals surface area contributed by atoms with E-state index in [1.54, 1.807) is 13.2 Å². The first-order valence-electron chi connectivity index (χ1n) is 4.99. The fourth-order valence-electron chi connectivity index (χ4n) is 1.27. The van der Waals surface area contributed by atoms with E-state index < -0.39 is 0 Å². The zero-order valence-electron chi connectivity index (χ0n) is 8.77. The molecular formula is C10H16N4. The van der Waals surface area contributed by atoms with Crippen molar-refractivity contribution in [3.05, 3.63) is 18.0 Å². The molecule has 4 nitrogen and oxygen atoms in total. The van der Waals surface area contributed by atoms with E-state index in [0.717, 1.165) is 24.2 Å². The molecule has 0 saturated heterocycles. The van der Waals surface area contributed by atoms with Gasteiger partial charge in [0.1, 0.15) is 5.69 Å². The lowest BCUT2D eigenvalue weighted by Gasteiger charge is -2.00. The molecule has 0 aliphatic rings. The van der Waals surface area contributed by atoms with Crippen LogP contribution in [0.4, 0.5) is 5.69 Å². The summed E-state index contributed by atoms with van der Waals surface area (Å²) >= 11 is 0. The maximum absolute atomic E-state index is 4.07. The van der Waals surface area contributed by atoms with Gasteiger partial charge in [0.25, 0.3) is 0 Å². The maximum atomic E-state index is 4.07. The Morgan fingerprint density at radius 3 is 2.93 bits per heavy atom. The molecule has 0 atom stereocenters. The highest BCUT2D eigenvalue weighted by Gasteiger charge is 2.02. The molecule has 0 fully saturated rings. The topological polar surface area (TPSA) is 50.5 Å². The smallest absolute Gasteiger partial charge is 0.110 e. The van der Waals surface area contributed by atoms with Gasteiger partial charge in [0.2, 0.25) is 0 Å². The molecular weight excluding hydrogens is 176 g/mol. The Morgan fingerprint density at radius 2 is 2.21 bits per heavy atom. The van der Waals surface area contributed by atoms with Crippen molar-refractivity contribution >= 4 is 5.69 Å². The van der Waals surface area contributed by atoms with Crippen molar-refractivity contribution in [2.24, 2.45) is 10.2 Å². The van der Waals surface area contributed by atoms with Crippen molar-refractivity contribution in [2.75, 3.05) is 7.05 Å². The fraction of sp³-hybridized carbons (Fsp3) is 0.600. The Kier molecular flexibility index (Phi) is 4.75. The van der Waals surface area contributed by atoms with E-state index in [1.807, 2.05) is 6.07 Å². The van der Waals surface area contributed by atoms with Crippen LogP contribution >= 0.6 is 0 Å². The third-order valence-electron chi connectivity index (χ3n) is 2.00. The van der Waals surface area contributed by atoms with Gasteiger partial charge in [-0.1, -0.05) is 19.8 Å². The van der Waals surface area contributed by atoms with E-state index in [-0.39, 0.29) is 0 Å². The zero-order valence-corrected chi connectivity index (χ0v) is 8.77. The quantitative estimate of drug-likeness (QED) is 0.532. The number of hydrogen-bond donors (Lipinski definition) is 0. The first-order chi connectivity index (χ1) is 6.88. The van der Waals surface area contributed by atoms with Gasteiger partial charge in [-0.2, -0.15) is 20.4 Å². The van der Waals surface area contributed by atoms with Crippen molar-refractivity contribution in [1.29, 1.82) is 0 Å². The van der Waals surface area contributed by atoms with Gasteiger partial charge >= 0.3 is 0 Å². The van der Waals surface area contributed by atoms with Gasteiger partial charge in [0.15, 0.2) is 0 Å². The normalized spacial score (nSPS) is 11.0. The van der Waals surface area contributed by atoms with Crippen LogP contribution in [0.2, 0.25) is 0 Å². The van der Waals surface area contributed by atoms with Gasteiger partial charge in [-0.15, -0.1) is 0 Å². The van der Waals surface area contributed by atoms with Gasteiger partial charge < -0.3 is 0 Å². The minimum atomic E-state index is 0.846. The summed E-state index contributed by atoms with van der Waals surface area (Å²) < 4.78 is 0. The van der Waals surface area contributed by atoms with Crippen molar-refractivity contribution in [1.82, 2.24) is 10.2 Å². The summed E-state index contributed by atoms with van der Waals surface area (Å²) in [5.74, 6) is 0. The molecule has 14 heavy (non-hydrogen) atoms. The van der Waals surface area contributed by atoms with Crippen LogP contribution in [-0.2, 0) is 6.42 Å². The van der Waals surface area contributed by atoms with E-state index in [0.29, 0.717) is 0 Å². The van der Waals surface area contributed by atoms with Crippen LogP contribution < -0.4 is 0 Å². The van der Waals surface area contributed by atoms with Gasteiger partial charge in [-0.05, 0) is 18.9 Å². The molecule has 0 saturated carbocycles. The fourth-order valence-corrected chi connectivity index (χ4v) is 1.27. The van der Waals surface area contributed by atoms with Gasteiger partial charge in [-0.25, -0.2) is 0 Å². The molecule has 1 heterocycles. The van der Waals surface area contributed by atoms with E-state index in [2.05, 4.69) is 27.3 Å². The van der Waals surface area contributed by atoms with Crippen molar-refractivity contribution in [3.8, 4) is 0 Å². The third kappa shape index (κ3) is 3.20. The maximum Gasteiger partial charge on any atom is 0.110 e. The average molecular weight is 192 g/mol. The summed E-state index contributed by atoms with van der Waals surface area (Å²) in [7, 11) is 1.66. The Labute approximate surface area is 84.5 Å². The van der Waals surface area contributed by atoms with E-state index in [1.165, 1.54) is 12.8 Å². The predicted molar refractivity (Wildman–Crippen MR) is 55.7 cm³/mol. The molecule has 0 aliphatic heterocycles. The van der Waals surface area contributed by atoms with Crippen LogP contribution in [0, 0.1) is 0 Å².